The topological polar surface area (TPSA) is 20.2 Å². The Balaban J connectivity index is 3.13. The lowest BCUT2D eigenvalue weighted by Gasteiger charge is -2.06. The number of allylic oxidation sites excluding steroid dienone is 4. The maximum Gasteiger partial charge on any atom is 0.124 e. The van der Waals surface area contributed by atoms with Gasteiger partial charge in [0.25, 0.3) is 0 Å². The third-order valence-corrected chi connectivity index (χ3v) is 2.56. The van der Waals surface area contributed by atoms with Gasteiger partial charge in [0.15, 0.2) is 0 Å². The summed E-state index contributed by atoms with van der Waals surface area (Å²) in [6, 6.07) is 3.98. The van der Waals surface area contributed by atoms with Crippen LogP contribution in [0.5, 0.6) is 5.75 Å². The minimum Gasteiger partial charge on any atom is -0.507 e. The second-order valence-electron chi connectivity index (χ2n) is 3.71. The first-order valence-electron chi connectivity index (χ1n) is 5.40. The highest BCUT2D eigenvalue weighted by molar-refractivity contribution is 5.70. The fraction of sp³-hybridized carbons (Fsp3) is 0.286. The molecule has 0 aromatic heterocycles. The van der Waals surface area contributed by atoms with Crippen molar-refractivity contribution in [2.45, 2.75) is 27.2 Å². The van der Waals surface area contributed by atoms with E-state index in [0.29, 0.717) is 5.56 Å². The monoisotopic (exact) mass is 220 g/mol. The Morgan fingerprint density at radius 2 is 2.12 bits per heavy atom. The smallest absolute Gasteiger partial charge is 0.124 e. The van der Waals surface area contributed by atoms with Crippen LogP contribution >= 0.6 is 0 Å². The quantitative estimate of drug-likeness (QED) is 0.753. The minimum atomic E-state index is -0.334. The Morgan fingerprint density at radius 3 is 2.69 bits per heavy atom. The van der Waals surface area contributed by atoms with Crippen molar-refractivity contribution in [1.82, 2.24) is 0 Å². The van der Waals surface area contributed by atoms with E-state index in [-0.39, 0.29) is 11.6 Å². The van der Waals surface area contributed by atoms with Crippen LogP contribution in [0.3, 0.4) is 0 Å². The summed E-state index contributed by atoms with van der Waals surface area (Å²) in [6.45, 7) is 5.90. The predicted octanol–water partition coefficient (Wildman–Crippen LogP) is 4.29. The number of halogens is 1. The first-order chi connectivity index (χ1) is 7.58. The molecular weight excluding hydrogens is 203 g/mol. The zero-order valence-corrected chi connectivity index (χ0v) is 9.92. The molecule has 0 aliphatic carbocycles. The SMILES string of the molecule is CC=C(C=C(C)c1cc(F)ccc1O)CC. The number of benzene rings is 1. The van der Waals surface area contributed by atoms with E-state index >= 15 is 0 Å². The van der Waals surface area contributed by atoms with E-state index in [4.69, 9.17) is 0 Å². The highest BCUT2D eigenvalue weighted by Crippen LogP contribution is 2.26. The van der Waals surface area contributed by atoms with Crippen molar-refractivity contribution >= 4 is 5.57 Å². The van der Waals surface area contributed by atoms with Gasteiger partial charge in [-0.2, -0.15) is 0 Å². The van der Waals surface area contributed by atoms with E-state index in [0.717, 1.165) is 12.0 Å². The molecule has 0 atom stereocenters. The molecule has 1 aromatic rings. The third-order valence-electron chi connectivity index (χ3n) is 2.56. The molecular formula is C14H17FO. The molecule has 86 valence electrons. The molecule has 0 radical (unpaired) electrons. The number of phenolic OH excluding ortho intramolecular Hbond substituents is 1. The molecule has 1 rings (SSSR count). The van der Waals surface area contributed by atoms with Crippen molar-refractivity contribution in [3.63, 3.8) is 0 Å². The molecule has 1 N–H and O–H groups in total. The summed E-state index contributed by atoms with van der Waals surface area (Å²) in [5.41, 5.74) is 2.58. The van der Waals surface area contributed by atoms with Gasteiger partial charge in [0, 0.05) is 5.56 Å². The van der Waals surface area contributed by atoms with Gasteiger partial charge in [0.1, 0.15) is 11.6 Å². The van der Waals surface area contributed by atoms with Crippen molar-refractivity contribution in [1.29, 1.82) is 0 Å². The normalized spacial score (nSPS) is 13.0. The predicted molar refractivity (Wildman–Crippen MR) is 65.8 cm³/mol. The van der Waals surface area contributed by atoms with E-state index in [9.17, 15) is 9.50 Å². The van der Waals surface area contributed by atoms with Gasteiger partial charge in [-0.1, -0.05) is 24.6 Å². The van der Waals surface area contributed by atoms with Gasteiger partial charge in [-0.25, -0.2) is 4.39 Å². The van der Waals surface area contributed by atoms with Crippen molar-refractivity contribution in [2.24, 2.45) is 0 Å². The zero-order chi connectivity index (χ0) is 12.1. The first-order valence-corrected chi connectivity index (χ1v) is 5.40. The summed E-state index contributed by atoms with van der Waals surface area (Å²) in [5.74, 6) is -0.221. The molecule has 16 heavy (non-hydrogen) atoms. The van der Waals surface area contributed by atoms with Gasteiger partial charge in [-0.05, 0) is 44.0 Å². The number of hydrogen-bond donors (Lipinski definition) is 1. The van der Waals surface area contributed by atoms with Gasteiger partial charge in [-0.15, -0.1) is 0 Å². The average molecular weight is 220 g/mol. The highest BCUT2D eigenvalue weighted by Gasteiger charge is 2.04. The Kier molecular flexibility index (Phi) is 4.29. The number of rotatable bonds is 3. The minimum absolute atomic E-state index is 0.113. The van der Waals surface area contributed by atoms with Crippen LogP contribution in [0.1, 0.15) is 32.8 Å². The van der Waals surface area contributed by atoms with Crippen LogP contribution in [0.2, 0.25) is 0 Å². The molecule has 0 amide bonds. The van der Waals surface area contributed by atoms with Gasteiger partial charge >= 0.3 is 0 Å². The Hall–Kier alpha value is -1.57. The van der Waals surface area contributed by atoms with Crippen LogP contribution < -0.4 is 0 Å². The van der Waals surface area contributed by atoms with E-state index < -0.39 is 0 Å². The van der Waals surface area contributed by atoms with Crippen LogP contribution in [0.15, 0.2) is 35.9 Å². The number of phenols is 1. The molecule has 1 aromatic carbocycles. The summed E-state index contributed by atoms with van der Waals surface area (Å²) in [4.78, 5) is 0. The molecule has 0 spiro atoms. The zero-order valence-electron chi connectivity index (χ0n) is 9.92. The van der Waals surface area contributed by atoms with Crippen molar-refractivity contribution < 1.29 is 9.50 Å². The number of aromatic hydroxyl groups is 1. The van der Waals surface area contributed by atoms with Gasteiger partial charge < -0.3 is 5.11 Å². The molecule has 0 saturated carbocycles. The summed E-state index contributed by atoms with van der Waals surface area (Å²) >= 11 is 0. The fourth-order valence-corrected chi connectivity index (χ4v) is 1.57. The van der Waals surface area contributed by atoms with Crippen molar-refractivity contribution in [2.75, 3.05) is 0 Å². The van der Waals surface area contributed by atoms with E-state index in [2.05, 4.69) is 6.92 Å². The molecule has 1 nitrogen and oxygen atoms in total. The summed E-state index contributed by atoms with van der Waals surface area (Å²) in [6.07, 6.45) is 4.90. The maximum absolute atomic E-state index is 13.1. The van der Waals surface area contributed by atoms with Crippen molar-refractivity contribution in [3.05, 3.63) is 47.3 Å². The fourth-order valence-electron chi connectivity index (χ4n) is 1.57. The summed E-state index contributed by atoms with van der Waals surface area (Å²) < 4.78 is 13.1. The maximum atomic E-state index is 13.1. The van der Waals surface area contributed by atoms with Crippen LogP contribution in [-0.4, -0.2) is 5.11 Å². The van der Waals surface area contributed by atoms with Crippen LogP contribution in [0.4, 0.5) is 4.39 Å². The molecule has 0 aliphatic rings. The second-order valence-corrected chi connectivity index (χ2v) is 3.71. The Bertz CT molecular complexity index is 430. The Labute approximate surface area is 95.9 Å². The van der Waals surface area contributed by atoms with E-state index in [1.54, 1.807) is 0 Å². The lowest BCUT2D eigenvalue weighted by Crippen LogP contribution is -1.85. The second kappa shape index (κ2) is 5.50. The lowest BCUT2D eigenvalue weighted by atomic mass is 10.0. The van der Waals surface area contributed by atoms with E-state index in [1.807, 2.05) is 26.0 Å². The largest absolute Gasteiger partial charge is 0.507 e. The molecule has 2 heteroatoms. The molecule has 0 unspecified atom stereocenters. The molecule has 0 saturated heterocycles. The van der Waals surface area contributed by atoms with Crippen LogP contribution in [-0.2, 0) is 0 Å². The first kappa shape index (κ1) is 12.5. The summed E-state index contributed by atoms with van der Waals surface area (Å²) in [7, 11) is 0. The van der Waals surface area contributed by atoms with Crippen molar-refractivity contribution in [3.8, 4) is 5.75 Å². The Morgan fingerprint density at radius 1 is 1.44 bits per heavy atom. The van der Waals surface area contributed by atoms with Gasteiger partial charge in [-0.3, -0.25) is 0 Å². The molecule has 0 fully saturated rings. The average Bonchev–Trinajstić information content (AvgIpc) is 2.28. The molecule has 0 heterocycles. The van der Waals surface area contributed by atoms with Crippen LogP contribution in [0, 0.1) is 5.82 Å². The van der Waals surface area contributed by atoms with E-state index in [1.165, 1.54) is 23.8 Å². The molecule has 0 bridgehead atoms. The third kappa shape index (κ3) is 2.96. The summed E-state index contributed by atoms with van der Waals surface area (Å²) in [5, 5.41) is 9.64. The number of hydrogen-bond acceptors (Lipinski definition) is 1. The molecule has 0 aliphatic heterocycles. The van der Waals surface area contributed by atoms with Gasteiger partial charge in [0.2, 0.25) is 0 Å². The lowest BCUT2D eigenvalue weighted by molar-refractivity contribution is 0.471. The van der Waals surface area contributed by atoms with Gasteiger partial charge in [0.05, 0.1) is 0 Å². The standard InChI is InChI=1S/C14H17FO/c1-4-11(5-2)8-10(3)13-9-12(15)6-7-14(13)16/h4,6-9,16H,5H2,1-3H3. The highest BCUT2D eigenvalue weighted by atomic mass is 19.1. The van der Waals surface area contributed by atoms with Crippen LogP contribution in [0.25, 0.3) is 5.57 Å².